The number of fused-ring (bicyclic) bond motifs is 1. The second-order valence-corrected chi connectivity index (χ2v) is 6.19. The number of amides is 1. The fourth-order valence-electron chi connectivity index (χ4n) is 3.00. The van der Waals surface area contributed by atoms with Gasteiger partial charge in [0.25, 0.3) is 5.91 Å². The quantitative estimate of drug-likeness (QED) is 0.861. The first-order valence-corrected chi connectivity index (χ1v) is 8.21. The Kier molecular flexibility index (Phi) is 3.80. The van der Waals surface area contributed by atoms with E-state index in [4.69, 9.17) is 0 Å². The summed E-state index contributed by atoms with van der Waals surface area (Å²) < 4.78 is 0. The Balaban J connectivity index is 1.85. The zero-order valence-corrected chi connectivity index (χ0v) is 12.2. The molecule has 0 aliphatic carbocycles. The number of nitrogens with zero attached hydrogens (tertiary/aromatic N) is 1. The smallest absolute Gasteiger partial charge is 0.251 e. The highest BCUT2D eigenvalue weighted by molar-refractivity contribution is 7.98. The number of hydrogen-bond acceptors (Lipinski definition) is 3. The molecule has 19 heavy (non-hydrogen) atoms. The van der Waals surface area contributed by atoms with E-state index in [0.29, 0.717) is 6.54 Å². The molecule has 0 unspecified atom stereocenters. The van der Waals surface area contributed by atoms with Gasteiger partial charge in [-0.3, -0.25) is 9.69 Å². The first-order valence-electron chi connectivity index (χ1n) is 6.98. The van der Waals surface area contributed by atoms with Crippen molar-refractivity contribution in [2.75, 3.05) is 19.3 Å². The van der Waals surface area contributed by atoms with E-state index in [1.54, 1.807) is 11.8 Å². The standard InChI is InChI=1S/C15H20N2OS/c1-19-14-8-11(10-17-5-3-2-4-6-17)7-12-13(14)9-16-15(12)18/h7-8H,2-6,9-10H2,1H3,(H,16,18). The zero-order valence-electron chi connectivity index (χ0n) is 11.4. The van der Waals surface area contributed by atoms with Crippen molar-refractivity contribution >= 4 is 17.7 Å². The number of nitrogens with one attached hydrogen (secondary N) is 1. The van der Waals surface area contributed by atoms with Crippen LogP contribution in [0.4, 0.5) is 0 Å². The van der Waals surface area contributed by atoms with Crippen molar-refractivity contribution in [3.8, 4) is 0 Å². The average Bonchev–Trinajstić information content (AvgIpc) is 2.81. The predicted octanol–water partition coefficient (Wildman–Crippen LogP) is 2.64. The summed E-state index contributed by atoms with van der Waals surface area (Å²) in [5, 5.41) is 2.92. The lowest BCUT2D eigenvalue weighted by molar-refractivity contribution is 0.0965. The Morgan fingerprint density at radius 3 is 2.79 bits per heavy atom. The fraction of sp³-hybridized carbons (Fsp3) is 0.533. The Morgan fingerprint density at radius 1 is 1.26 bits per heavy atom. The molecule has 0 bridgehead atoms. The molecule has 1 aromatic rings. The van der Waals surface area contributed by atoms with Crippen molar-refractivity contribution < 1.29 is 4.79 Å². The maximum absolute atomic E-state index is 11.8. The van der Waals surface area contributed by atoms with E-state index in [9.17, 15) is 4.79 Å². The van der Waals surface area contributed by atoms with E-state index in [0.717, 1.165) is 12.1 Å². The topological polar surface area (TPSA) is 32.3 Å². The van der Waals surface area contributed by atoms with Gasteiger partial charge >= 0.3 is 0 Å². The van der Waals surface area contributed by atoms with E-state index in [1.165, 1.54) is 48.4 Å². The zero-order chi connectivity index (χ0) is 13.2. The molecule has 1 amide bonds. The van der Waals surface area contributed by atoms with Crippen LogP contribution in [0.5, 0.6) is 0 Å². The maximum atomic E-state index is 11.8. The van der Waals surface area contributed by atoms with Crippen molar-refractivity contribution in [2.45, 2.75) is 37.2 Å². The SMILES string of the molecule is CSc1cc(CN2CCCCC2)cc2c1CNC2=O. The Morgan fingerprint density at radius 2 is 2.05 bits per heavy atom. The lowest BCUT2D eigenvalue weighted by Crippen LogP contribution is -2.29. The third-order valence-electron chi connectivity index (χ3n) is 4.01. The second-order valence-electron chi connectivity index (χ2n) is 5.34. The van der Waals surface area contributed by atoms with Gasteiger partial charge in [0.1, 0.15) is 0 Å². The van der Waals surface area contributed by atoms with E-state index in [1.807, 2.05) is 0 Å². The molecule has 3 nitrogen and oxygen atoms in total. The molecule has 2 heterocycles. The van der Waals surface area contributed by atoms with E-state index in [2.05, 4.69) is 28.6 Å². The molecule has 1 saturated heterocycles. The second kappa shape index (κ2) is 5.55. The third kappa shape index (κ3) is 2.65. The lowest BCUT2D eigenvalue weighted by atomic mass is 10.0. The van der Waals surface area contributed by atoms with Crippen molar-refractivity contribution in [1.82, 2.24) is 10.2 Å². The van der Waals surface area contributed by atoms with Crippen LogP contribution < -0.4 is 5.32 Å². The molecule has 1 N–H and O–H groups in total. The highest BCUT2D eigenvalue weighted by Gasteiger charge is 2.23. The number of rotatable bonds is 3. The fourth-order valence-corrected chi connectivity index (χ4v) is 3.70. The monoisotopic (exact) mass is 276 g/mol. The van der Waals surface area contributed by atoms with Gasteiger partial charge in [-0.1, -0.05) is 6.42 Å². The molecule has 0 radical (unpaired) electrons. The van der Waals surface area contributed by atoms with Crippen LogP contribution in [0.1, 0.15) is 40.7 Å². The summed E-state index contributed by atoms with van der Waals surface area (Å²) in [4.78, 5) is 15.6. The Hall–Kier alpha value is -1.00. The highest BCUT2D eigenvalue weighted by atomic mass is 32.2. The van der Waals surface area contributed by atoms with Gasteiger partial charge in [-0.05, 0) is 55.4 Å². The summed E-state index contributed by atoms with van der Waals surface area (Å²) in [5.41, 5.74) is 3.35. The summed E-state index contributed by atoms with van der Waals surface area (Å²) in [7, 11) is 0. The van der Waals surface area contributed by atoms with Crippen LogP contribution in [0, 0.1) is 0 Å². The van der Waals surface area contributed by atoms with Crippen molar-refractivity contribution in [1.29, 1.82) is 0 Å². The van der Waals surface area contributed by atoms with Gasteiger partial charge in [0.15, 0.2) is 0 Å². The van der Waals surface area contributed by atoms with Gasteiger partial charge in [0, 0.05) is 23.5 Å². The van der Waals surface area contributed by atoms with Gasteiger partial charge < -0.3 is 5.32 Å². The summed E-state index contributed by atoms with van der Waals surface area (Å²) in [6.07, 6.45) is 6.06. The van der Waals surface area contributed by atoms with Crippen LogP contribution >= 0.6 is 11.8 Å². The van der Waals surface area contributed by atoms with Crippen LogP contribution in [0.3, 0.4) is 0 Å². The minimum Gasteiger partial charge on any atom is -0.348 e. The number of carbonyl (C=O) groups is 1. The average molecular weight is 276 g/mol. The molecule has 0 spiro atoms. The number of benzene rings is 1. The van der Waals surface area contributed by atoms with Crippen LogP contribution in [0.2, 0.25) is 0 Å². The number of likely N-dealkylation sites (tertiary alicyclic amines) is 1. The van der Waals surface area contributed by atoms with Gasteiger partial charge in [-0.15, -0.1) is 11.8 Å². The molecule has 2 aliphatic heterocycles. The minimum atomic E-state index is 0.0887. The van der Waals surface area contributed by atoms with Crippen molar-refractivity contribution in [3.05, 3.63) is 28.8 Å². The number of thioether (sulfide) groups is 1. The molecule has 2 aliphatic rings. The lowest BCUT2D eigenvalue weighted by Gasteiger charge is -2.26. The summed E-state index contributed by atoms with van der Waals surface area (Å²) >= 11 is 1.74. The van der Waals surface area contributed by atoms with Crippen molar-refractivity contribution in [3.63, 3.8) is 0 Å². The summed E-state index contributed by atoms with van der Waals surface area (Å²) in [5.74, 6) is 0.0887. The van der Waals surface area contributed by atoms with Gasteiger partial charge in [0.2, 0.25) is 0 Å². The molecular weight excluding hydrogens is 256 g/mol. The van der Waals surface area contributed by atoms with E-state index < -0.39 is 0 Å². The molecule has 1 fully saturated rings. The van der Waals surface area contributed by atoms with Crippen LogP contribution in [0.15, 0.2) is 17.0 Å². The number of hydrogen-bond donors (Lipinski definition) is 1. The molecule has 0 saturated carbocycles. The molecule has 1 aromatic carbocycles. The van der Waals surface area contributed by atoms with E-state index in [-0.39, 0.29) is 5.91 Å². The third-order valence-corrected chi connectivity index (χ3v) is 4.82. The summed E-state index contributed by atoms with van der Waals surface area (Å²) in [6.45, 7) is 4.05. The number of piperidine rings is 1. The minimum absolute atomic E-state index is 0.0887. The van der Waals surface area contributed by atoms with Gasteiger partial charge in [-0.25, -0.2) is 0 Å². The maximum Gasteiger partial charge on any atom is 0.251 e. The largest absolute Gasteiger partial charge is 0.348 e. The van der Waals surface area contributed by atoms with E-state index >= 15 is 0 Å². The first-order chi connectivity index (χ1) is 9.28. The molecule has 0 atom stereocenters. The van der Waals surface area contributed by atoms with Gasteiger partial charge in [0.05, 0.1) is 0 Å². The first kappa shape index (κ1) is 13.0. The molecular formula is C15H20N2OS. The molecule has 102 valence electrons. The molecule has 4 heteroatoms. The highest BCUT2D eigenvalue weighted by Crippen LogP contribution is 2.29. The predicted molar refractivity (Wildman–Crippen MR) is 78.5 cm³/mol. The molecule has 3 rings (SSSR count). The van der Waals surface area contributed by atoms with Crippen molar-refractivity contribution in [2.24, 2.45) is 0 Å². The number of carbonyl (C=O) groups excluding carboxylic acids is 1. The van der Waals surface area contributed by atoms with Crippen LogP contribution in [0.25, 0.3) is 0 Å². The van der Waals surface area contributed by atoms with Crippen LogP contribution in [-0.2, 0) is 13.1 Å². The Labute approximate surface area is 118 Å². The summed E-state index contributed by atoms with van der Waals surface area (Å²) in [6, 6.07) is 4.35. The normalized spacial score (nSPS) is 19.3. The van der Waals surface area contributed by atoms with Gasteiger partial charge in [-0.2, -0.15) is 0 Å². The van der Waals surface area contributed by atoms with Crippen LogP contribution in [-0.4, -0.2) is 30.2 Å². The molecule has 0 aromatic heterocycles. The Bertz CT molecular complexity index is 495.